The van der Waals surface area contributed by atoms with Gasteiger partial charge < -0.3 is 5.32 Å². The molecular formula is C10H9ClN2OS. The predicted molar refractivity (Wildman–Crippen MR) is 64.1 cm³/mol. The fourth-order valence-electron chi connectivity index (χ4n) is 1.44. The van der Waals surface area contributed by atoms with Gasteiger partial charge in [0.2, 0.25) is 0 Å². The zero-order valence-electron chi connectivity index (χ0n) is 8.03. The molecule has 0 saturated carbocycles. The van der Waals surface area contributed by atoms with Crippen molar-refractivity contribution in [3.05, 3.63) is 29.3 Å². The summed E-state index contributed by atoms with van der Waals surface area (Å²) in [7, 11) is 0. The maximum absolute atomic E-state index is 11.7. The summed E-state index contributed by atoms with van der Waals surface area (Å²) in [4.78, 5) is 13.2. The average molecular weight is 241 g/mol. The largest absolute Gasteiger partial charge is 0.350 e. The summed E-state index contributed by atoms with van der Waals surface area (Å²) in [5.41, 5.74) is 0.742. The van der Waals surface area contributed by atoms with Crippen LogP contribution in [0, 0.1) is 0 Å². The normalized spacial score (nSPS) is 20.7. The molecule has 2 rings (SSSR count). The van der Waals surface area contributed by atoms with Gasteiger partial charge in [0.25, 0.3) is 5.91 Å². The summed E-state index contributed by atoms with van der Waals surface area (Å²) >= 11 is 10.8. The van der Waals surface area contributed by atoms with Crippen LogP contribution in [0.3, 0.4) is 0 Å². The SMILES string of the molecule is CC1NC(=S)N(c2ccc(Cl)cc2)C1=O. The summed E-state index contributed by atoms with van der Waals surface area (Å²) < 4.78 is 0. The molecule has 0 spiro atoms. The van der Waals surface area contributed by atoms with Crippen LogP contribution in [-0.2, 0) is 4.79 Å². The van der Waals surface area contributed by atoms with Crippen LogP contribution < -0.4 is 10.2 Å². The quantitative estimate of drug-likeness (QED) is 0.762. The third kappa shape index (κ3) is 1.82. The van der Waals surface area contributed by atoms with E-state index in [1.54, 1.807) is 31.2 Å². The number of benzene rings is 1. The number of rotatable bonds is 1. The van der Waals surface area contributed by atoms with Crippen molar-refractivity contribution in [3.63, 3.8) is 0 Å². The van der Waals surface area contributed by atoms with Gasteiger partial charge in [0, 0.05) is 5.02 Å². The predicted octanol–water partition coefficient (Wildman–Crippen LogP) is 1.95. The van der Waals surface area contributed by atoms with E-state index >= 15 is 0 Å². The Labute approximate surface area is 98.0 Å². The van der Waals surface area contributed by atoms with E-state index < -0.39 is 0 Å². The lowest BCUT2D eigenvalue weighted by Crippen LogP contribution is -2.30. The van der Waals surface area contributed by atoms with Crippen molar-refractivity contribution < 1.29 is 4.79 Å². The maximum atomic E-state index is 11.7. The second-order valence-corrected chi connectivity index (χ2v) is 4.14. The average Bonchev–Trinajstić information content (AvgIpc) is 2.44. The minimum atomic E-state index is -0.256. The highest BCUT2D eigenvalue weighted by molar-refractivity contribution is 7.80. The molecule has 0 aliphatic carbocycles. The van der Waals surface area contributed by atoms with Crippen LogP contribution in [-0.4, -0.2) is 17.1 Å². The highest BCUT2D eigenvalue weighted by Gasteiger charge is 2.33. The molecule has 0 bridgehead atoms. The van der Waals surface area contributed by atoms with Gasteiger partial charge in [-0.05, 0) is 43.4 Å². The number of nitrogens with zero attached hydrogens (tertiary/aromatic N) is 1. The van der Waals surface area contributed by atoms with Crippen molar-refractivity contribution in [1.29, 1.82) is 0 Å². The van der Waals surface area contributed by atoms with Gasteiger partial charge in [0.15, 0.2) is 5.11 Å². The number of nitrogens with one attached hydrogen (secondary N) is 1. The minimum absolute atomic E-state index is 0.0395. The summed E-state index contributed by atoms with van der Waals surface area (Å²) in [5.74, 6) is -0.0395. The molecule has 1 saturated heterocycles. The van der Waals surface area contributed by atoms with Gasteiger partial charge in [-0.15, -0.1) is 0 Å². The van der Waals surface area contributed by atoms with Gasteiger partial charge in [-0.1, -0.05) is 11.6 Å². The molecule has 1 unspecified atom stereocenters. The lowest BCUT2D eigenvalue weighted by molar-refractivity contribution is -0.117. The number of carbonyl (C=O) groups excluding carboxylic acids is 1. The van der Waals surface area contributed by atoms with Gasteiger partial charge in [-0.2, -0.15) is 0 Å². The van der Waals surface area contributed by atoms with Crippen LogP contribution in [0.5, 0.6) is 0 Å². The first-order valence-corrected chi connectivity index (χ1v) is 5.28. The Hall–Kier alpha value is -1.13. The molecule has 0 radical (unpaired) electrons. The van der Waals surface area contributed by atoms with E-state index in [2.05, 4.69) is 5.32 Å². The highest BCUT2D eigenvalue weighted by atomic mass is 35.5. The molecule has 1 aromatic carbocycles. The van der Waals surface area contributed by atoms with Gasteiger partial charge in [0.1, 0.15) is 6.04 Å². The number of hydrogen-bond donors (Lipinski definition) is 1. The first-order valence-electron chi connectivity index (χ1n) is 4.49. The Kier molecular flexibility index (Phi) is 2.63. The zero-order valence-corrected chi connectivity index (χ0v) is 9.60. The first kappa shape index (κ1) is 10.4. The molecular weight excluding hydrogens is 232 g/mol. The summed E-state index contributed by atoms with van der Waals surface area (Å²) in [6, 6.07) is 6.75. The smallest absolute Gasteiger partial charge is 0.255 e. The minimum Gasteiger partial charge on any atom is -0.350 e. The number of halogens is 1. The van der Waals surface area contributed by atoms with Crippen molar-refractivity contribution in [2.45, 2.75) is 13.0 Å². The Balaban J connectivity index is 2.35. The van der Waals surface area contributed by atoms with Crippen molar-refractivity contribution in [2.75, 3.05) is 4.90 Å². The van der Waals surface area contributed by atoms with Crippen molar-refractivity contribution in [3.8, 4) is 0 Å². The van der Waals surface area contributed by atoms with E-state index in [0.29, 0.717) is 10.1 Å². The van der Waals surface area contributed by atoms with Crippen LogP contribution >= 0.6 is 23.8 Å². The summed E-state index contributed by atoms with van der Waals surface area (Å²) in [6.07, 6.45) is 0. The van der Waals surface area contributed by atoms with Crippen LogP contribution in [0.15, 0.2) is 24.3 Å². The Morgan fingerprint density at radius 2 is 2.00 bits per heavy atom. The molecule has 0 aromatic heterocycles. The van der Waals surface area contributed by atoms with Crippen molar-refractivity contribution in [1.82, 2.24) is 5.32 Å². The highest BCUT2D eigenvalue weighted by Crippen LogP contribution is 2.21. The molecule has 3 nitrogen and oxygen atoms in total. The topological polar surface area (TPSA) is 32.3 Å². The van der Waals surface area contributed by atoms with E-state index in [1.165, 1.54) is 4.90 Å². The van der Waals surface area contributed by atoms with Gasteiger partial charge in [0.05, 0.1) is 5.69 Å². The monoisotopic (exact) mass is 240 g/mol. The van der Waals surface area contributed by atoms with Crippen LogP contribution in [0.2, 0.25) is 5.02 Å². The van der Waals surface area contributed by atoms with Crippen LogP contribution in [0.25, 0.3) is 0 Å². The van der Waals surface area contributed by atoms with Crippen LogP contribution in [0.4, 0.5) is 5.69 Å². The summed E-state index contributed by atoms with van der Waals surface area (Å²) in [5, 5.41) is 3.98. The molecule has 1 atom stereocenters. The number of amides is 1. The molecule has 1 aromatic rings. The van der Waals surface area contributed by atoms with Gasteiger partial charge in [-0.3, -0.25) is 9.69 Å². The van der Waals surface area contributed by atoms with Gasteiger partial charge >= 0.3 is 0 Å². The molecule has 15 heavy (non-hydrogen) atoms. The Morgan fingerprint density at radius 1 is 1.40 bits per heavy atom. The second kappa shape index (κ2) is 3.79. The van der Waals surface area contributed by atoms with E-state index in [9.17, 15) is 4.79 Å². The molecule has 1 heterocycles. The lowest BCUT2D eigenvalue weighted by Gasteiger charge is -2.14. The van der Waals surface area contributed by atoms with E-state index in [1.807, 2.05) is 0 Å². The summed E-state index contributed by atoms with van der Waals surface area (Å²) in [6.45, 7) is 1.78. The fraction of sp³-hybridized carbons (Fsp3) is 0.200. The number of carbonyl (C=O) groups is 1. The van der Waals surface area contributed by atoms with Crippen LogP contribution in [0.1, 0.15) is 6.92 Å². The Bertz CT molecular complexity index is 418. The zero-order chi connectivity index (χ0) is 11.0. The third-order valence-electron chi connectivity index (χ3n) is 2.22. The van der Waals surface area contributed by atoms with Gasteiger partial charge in [-0.25, -0.2) is 0 Å². The Morgan fingerprint density at radius 3 is 2.47 bits per heavy atom. The maximum Gasteiger partial charge on any atom is 0.255 e. The fourth-order valence-corrected chi connectivity index (χ4v) is 1.94. The van der Waals surface area contributed by atoms with E-state index in [0.717, 1.165) is 5.69 Å². The molecule has 1 aliphatic rings. The molecule has 78 valence electrons. The lowest BCUT2D eigenvalue weighted by atomic mass is 10.3. The third-order valence-corrected chi connectivity index (χ3v) is 2.77. The number of thiocarbonyl (C=S) groups is 1. The second-order valence-electron chi connectivity index (χ2n) is 3.32. The van der Waals surface area contributed by atoms with Crippen molar-refractivity contribution >= 4 is 40.5 Å². The standard InChI is InChI=1S/C10H9ClN2OS/c1-6-9(14)13(10(15)12-6)8-4-2-7(11)3-5-8/h2-6H,1H3,(H,12,15). The van der Waals surface area contributed by atoms with Crippen molar-refractivity contribution in [2.24, 2.45) is 0 Å². The molecule has 1 amide bonds. The number of hydrogen-bond acceptors (Lipinski definition) is 2. The molecule has 5 heteroatoms. The molecule has 1 N–H and O–H groups in total. The van der Waals surface area contributed by atoms with E-state index in [4.69, 9.17) is 23.8 Å². The molecule has 1 fully saturated rings. The number of anilines is 1. The first-order chi connectivity index (χ1) is 7.09. The van der Waals surface area contributed by atoms with E-state index in [-0.39, 0.29) is 11.9 Å². The molecule has 1 aliphatic heterocycles.